The number of carbonyl (C=O) groups excluding carboxylic acids is 1. The summed E-state index contributed by atoms with van der Waals surface area (Å²) in [6.45, 7) is 2.36. The maximum Gasteiger partial charge on any atom is 0.253 e. The van der Waals surface area contributed by atoms with E-state index in [1.54, 1.807) is 36.7 Å². The number of hydrogen-bond acceptors (Lipinski definition) is 3. The van der Waals surface area contributed by atoms with Crippen LogP contribution >= 0.6 is 0 Å². The van der Waals surface area contributed by atoms with Crippen molar-refractivity contribution in [3.05, 3.63) is 119 Å². The smallest absolute Gasteiger partial charge is 0.253 e. The lowest BCUT2D eigenvalue weighted by Gasteiger charge is -2.37. The van der Waals surface area contributed by atoms with Crippen LogP contribution in [-0.2, 0) is 6.42 Å². The minimum absolute atomic E-state index is 0.00425. The Morgan fingerprint density at radius 2 is 1.92 bits per heavy atom. The maximum absolute atomic E-state index is 13.5. The van der Waals surface area contributed by atoms with Gasteiger partial charge in [0.15, 0.2) is 0 Å². The van der Waals surface area contributed by atoms with Gasteiger partial charge in [-0.15, -0.1) is 0 Å². The largest absolute Gasteiger partial charge is 0.345 e. The van der Waals surface area contributed by atoms with E-state index >= 15 is 0 Å². The van der Waals surface area contributed by atoms with E-state index < -0.39 is 0 Å². The molecule has 2 aromatic carbocycles. The number of rotatable bonds is 6. The second-order valence-corrected chi connectivity index (χ2v) is 10.4. The van der Waals surface area contributed by atoms with Crippen LogP contribution in [0.2, 0.25) is 0 Å². The highest BCUT2D eigenvalue weighted by Gasteiger charge is 2.46. The Bertz CT molecular complexity index is 1450. The van der Waals surface area contributed by atoms with E-state index in [-0.39, 0.29) is 23.2 Å². The minimum Gasteiger partial charge on any atom is -0.345 e. The molecule has 3 unspecified atom stereocenters. The Morgan fingerprint density at radius 1 is 1.11 bits per heavy atom. The predicted molar refractivity (Wildman–Crippen MR) is 142 cm³/mol. The molecule has 1 saturated carbocycles. The summed E-state index contributed by atoms with van der Waals surface area (Å²) in [6.07, 6.45) is 11.4. The van der Waals surface area contributed by atoms with Gasteiger partial charge in [0, 0.05) is 12.4 Å². The van der Waals surface area contributed by atoms with Gasteiger partial charge in [-0.3, -0.25) is 9.78 Å². The molecule has 3 atom stereocenters. The average molecular weight is 493 g/mol. The SMILES string of the molecule is CC12Cc3cnn(-c4ccc(F)cc4)c3C=C1CCC2CC(NC(=O)c1cccnc1)c1ccccc1. The Balaban J connectivity index is 1.27. The molecule has 37 heavy (non-hydrogen) atoms. The molecular weight excluding hydrogens is 463 g/mol. The lowest BCUT2D eigenvalue weighted by Crippen LogP contribution is -2.35. The van der Waals surface area contributed by atoms with Gasteiger partial charge in [0.05, 0.1) is 29.2 Å². The number of amides is 1. The summed E-state index contributed by atoms with van der Waals surface area (Å²) in [5.74, 6) is 0.0470. The van der Waals surface area contributed by atoms with E-state index in [4.69, 9.17) is 0 Å². The van der Waals surface area contributed by atoms with E-state index in [2.05, 4.69) is 40.5 Å². The van der Waals surface area contributed by atoms with Crippen molar-refractivity contribution in [3.63, 3.8) is 0 Å². The molecule has 2 aliphatic carbocycles. The first-order valence-electron chi connectivity index (χ1n) is 12.8. The highest BCUT2D eigenvalue weighted by atomic mass is 19.1. The second kappa shape index (κ2) is 9.43. The summed E-state index contributed by atoms with van der Waals surface area (Å²) < 4.78 is 15.4. The zero-order valence-electron chi connectivity index (χ0n) is 20.8. The Kier molecular flexibility index (Phi) is 5.95. The highest BCUT2D eigenvalue weighted by Crippen LogP contribution is 2.55. The Labute approximate surface area is 216 Å². The normalized spacial score (nSPS) is 21.0. The third-order valence-electron chi connectivity index (χ3n) is 8.17. The lowest BCUT2D eigenvalue weighted by molar-refractivity contribution is 0.0923. The molecule has 0 spiro atoms. The van der Waals surface area contributed by atoms with Crippen LogP contribution in [0.4, 0.5) is 4.39 Å². The number of aromatic nitrogens is 3. The summed E-state index contributed by atoms with van der Waals surface area (Å²) in [5.41, 5.74) is 6.26. The minimum atomic E-state index is -0.252. The van der Waals surface area contributed by atoms with Crippen LogP contribution in [0.25, 0.3) is 11.8 Å². The van der Waals surface area contributed by atoms with E-state index in [0.29, 0.717) is 11.5 Å². The molecule has 1 amide bonds. The number of nitrogens with zero attached hydrogens (tertiary/aromatic N) is 3. The maximum atomic E-state index is 13.5. The molecule has 1 fully saturated rings. The molecule has 1 N–H and O–H groups in total. The lowest BCUT2D eigenvalue weighted by atomic mass is 9.68. The Hall–Kier alpha value is -4.06. The first-order valence-corrected chi connectivity index (χ1v) is 12.8. The second-order valence-electron chi connectivity index (χ2n) is 10.4. The van der Waals surface area contributed by atoms with E-state index in [1.165, 1.54) is 23.3 Å². The van der Waals surface area contributed by atoms with Crippen molar-refractivity contribution in [2.24, 2.45) is 11.3 Å². The summed E-state index contributed by atoms with van der Waals surface area (Å²) in [4.78, 5) is 17.2. The number of carbonyl (C=O) groups is 1. The fraction of sp³-hybridized carbons (Fsp3) is 0.258. The van der Waals surface area contributed by atoms with Crippen molar-refractivity contribution in [1.29, 1.82) is 0 Å². The van der Waals surface area contributed by atoms with Crippen molar-refractivity contribution >= 4 is 12.0 Å². The number of hydrogen-bond donors (Lipinski definition) is 1. The molecule has 0 radical (unpaired) electrons. The predicted octanol–water partition coefficient (Wildman–Crippen LogP) is 6.32. The first-order chi connectivity index (χ1) is 18.0. The topological polar surface area (TPSA) is 59.8 Å². The molecule has 0 aliphatic heterocycles. The van der Waals surface area contributed by atoms with Gasteiger partial charge in [-0.05, 0) is 90.6 Å². The van der Waals surface area contributed by atoms with Crippen molar-refractivity contribution in [1.82, 2.24) is 20.1 Å². The zero-order valence-corrected chi connectivity index (χ0v) is 20.8. The highest BCUT2D eigenvalue weighted by molar-refractivity contribution is 5.94. The molecule has 4 aromatic rings. The molecule has 6 heteroatoms. The molecule has 0 bridgehead atoms. The standard InChI is InChI=1S/C31H29FN4O/c1-31-18-23-20-34-36(27-13-11-26(32)12-14-27)29(23)17-25(31)10-9-24(31)16-28(21-6-3-2-4-7-21)35-30(37)22-8-5-15-33-19-22/h2-8,11-15,17,19-20,24,28H,9-10,16,18H2,1H3,(H,35,37). The van der Waals surface area contributed by atoms with Crippen LogP contribution in [0, 0.1) is 17.2 Å². The zero-order chi connectivity index (χ0) is 25.4. The number of nitrogens with one attached hydrogen (secondary N) is 1. The van der Waals surface area contributed by atoms with E-state index in [9.17, 15) is 9.18 Å². The van der Waals surface area contributed by atoms with Gasteiger partial charge < -0.3 is 5.32 Å². The van der Waals surface area contributed by atoms with Crippen molar-refractivity contribution in [2.45, 2.75) is 38.6 Å². The molecular formula is C31H29FN4O. The molecule has 6 rings (SSSR count). The third kappa shape index (κ3) is 4.37. The van der Waals surface area contributed by atoms with Crippen LogP contribution in [0.5, 0.6) is 0 Å². The Morgan fingerprint density at radius 3 is 2.68 bits per heavy atom. The van der Waals surface area contributed by atoms with Crippen molar-refractivity contribution in [2.75, 3.05) is 0 Å². The summed E-state index contributed by atoms with van der Waals surface area (Å²) in [7, 11) is 0. The number of allylic oxidation sites excluding steroid dienone is 1. The molecule has 2 aliphatic rings. The average Bonchev–Trinajstić information content (AvgIpc) is 3.47. The third-order valence-corrected chi connectivity index (χ3v) is 8.17. The molecule has 0 saturated heterocycles. The van der Waals surface area contributed by atoms with Crippen LogP contribution in [0.1, 0.15) is 59.4 Å². The summed E-state index contributed by atoms with van der Waals surface area (Å²) >= 11 is 0. The summed E-state index contributed by atoms with van der Waals surface area (Å²) in [6, 6.07) is 20.2. The number of fused-ring (bicyclic) bond motifs is 2. The van der Waals surface area contributed by atoms with Gasteiger partial charge in [0.25, 0.3) is 5.91 Å². The van der Waals surface area contributed by atoms with Gasteiger partial charge in [-0.25, -0.2) is 9.07 Å². The number of benzene rings is 2. The molecule has 186 valence electrons. The van der Waals surface area contributed by atoms with Crippen LogP contribution in [0.3, 0.4) is 0 Å². The molecule has 2 heterocycles. The van der Waals surface area contributed by atoms with Gasteiger partial charge in [-0.1, -0.05) is 42.8 Å². The van der Waals surface area contributed by atoms with Crippen LogP contribution in [0.15, 0.2) is 90.9 Å². The number of halogens is 1. The van der Waals surface area contributed by atoms with Gasteiger partial charge in [-0.2, -0.15) is 5.10 Å². The fourth-order valence-corrected chi connectivity index (χ4v) is 6.09. The summed E-state index contributed by atoms with van der Waals surface area (Å²) in [5, 5.41) is 7.94. The van der Waals surface area contributed by atoms with E-state index in [0.717, 1.165) is 42.6 Å². The van der Waals surface area contributed by atoms with Crippen molar-refractivity contribution in [3.8, 4) is 5.69 Å². The van der Waals surface area contributed by atoms with E-state index in [1.807, 2.05) is 29.1 Å². The van der Waals surface area contributed by atoms with Gasteiger partial charge in [0.1, 0.15) is 5.82 Å². The fourth-order valence-electron chi connectivity index (χ4n) is 6.09. The van der Waals surface area contributed by atoms with Gasteiger partial charge in [0.2, 0.25) is 0 Å². The van der Waals surface area contributed by atoms with Crippen LogP contribution < -0.4 is 5.32 Å². The number of pyridine rings is 1. The molecule has 5 nitrogen and oxygen atoms in total. The first kappa shape index (κ1) is 23.3. The van der Waals surface area contributed by atoms with Crippen LogP contribution in [-0.4, -0.2) is 20.7 Å². The monoisotopic (exact) mass is 492 g/mol. The quantitative estimate of drug-likeness (QED) is 0.342. The van der Waals surface area contributed by atoms with Crippen molar-refractivity contribution < 1.29 is 9.18 Å². The van der Waals surface area contributed by atoms with Gasteiger partial charge >= 0.3 is 0 Å². The molecule has 2 aromatic heterocycles.